The number of rotatable bonds is 19. The van der Waals surface area contributed by atoms with Crippen molar-refractivity contribution in [3.05, 3.63) is 193 Å². The molecule has 8 heteroatoms. The predicted octanol–water partition coefficient (Wildman–Crippen LogP) is 17.8. The van der Waals surface area contributed by atoms with Crippen LogP contribution in [0.1, 0.15) is 91.2 Å². The van der Waals surface area contributed by atoms with Crippen LogP contribution in [0.15, 0.2) is 182 Å². The van der Waals surface area contributed by atoms with Crippen LogP contribution in [0.2, 0.25) is 0 Å². The number of hydrogen-bond acceptors (Lipinski definition) is 8. The molecule has 0 aliphatic rings. The van der Waals surface area contributed by atoms with Crippen LogP contribution in [0, 0.1) is 0 Å². The smallest absolute Gasteiger partial charge is 0.429 e. The standard InChI is InChI=1S/C62H64N2O6/c1-7-9-41-61(3,4)69-59(65)67-43-45-25-33-51(34-26-45)63(57-23-15-19-49-17-11-13-21-55(49)57)53-37-29-47(30-38-53)48-31-39-54(40-32-48)64(58-24-16-20-50-18-12-14-22-56(50)58)52-35-27-46(28-36-52)44-68-60(66)70-62(5,6)42-10-8-2/h11-40H,7-10,41-44H2,1-6H3. The van der Waals surface area contributed by atoms with Crippen LogP contribution in [-0.2, 0) is 32.2 Å². The second-order valence-electron chi connectivity index (χ2n) is 19.1. The van der Waals surface area contributed by atoms with E-state index in [1.165, 1.54) is 0 Å². The molecule has 8 rings (SSSR count). The molecule has 8 nitrogen and oxygen atoms in total. The summed E-state index contributed by atoms with van der Waals surface area (Å²) in [5, 5.41) is 4.56. The Morgan fingerprint density at radius 2 is 0.743 bits per heavy atom. The Hall–Kier alpha value is -7.58. The molecule has 8 aromatic carbocycles. The van der Waals surface area contributed by atoms with Crippen molar-refractivity contribution < 1.29 is 28.5 Å². The van der Waals surface area contributed by atoms with E-state index in [0.717, 1.165) is 116 Å². The van der Waals surface area contributed by atoms with Crippen molar-refractivity contribution in [3.63, 3.8) is 0 Å². The zero-order valence-electron chi connectivity index (χ0n) is 41.3. The van der Waals surface area contributed by atoms with E-state index in [-0.39, 0.29) is 13.2 Å². The molecule has 0 heterocycles. The molecular formula is C62H64N2O6. The largest absolute Gasteiger partial charge is 0.509 e. The SMILES string of the molecule is CCCCC(C)(C)OC(=O)OCc1ccc(N(c2ccc(-c3ccc(N(c4ccc(COC(=O)OC(C)(C)CCCC)cc4)c4cccc5ccccc45)cc3)cc2)c2cccc3ccccc23)cc1. The van der Waals surface area contributed by atoms with E-state index in [4.69, 9.17) is 18.9 Å². The molecule has 0 fully saturated rings. The lowest BCUT2D eigenvalue weighted by atomic mass is 10.0. The van der Waals surface area contributed by atoms with Gasteiger partial charge in [0.05, 0.1) is 11.4 Å². The van der Waals surface area contributed by atoms with E-state index >= 15 is 0 Å². The fraction of sp³-hybridized carbons (Fsp3) is 0.258. The average molecular weight is 933 g/mol. The number of nitrogens with zero attached hydrogens (tertiary/aromatic N) is 2. The van der Waals surface area contributed by atoms with Crippen molar-refractivity contribution in [3.8, 4) is 11.1 Å². The highest BCUT2D eigenvalue weighted by atomic mass is 16.7. The Kier molecular flexibility index (Phi) is 15.5. The molecule has 0 amide bonds. The quantitative estimate of drug-likeness (QED) is 0.0742. The molecule has 8 aromatic rings. The third-order valence-electron chi connectivity index (χ3n) is 12.7. The van der Waals surface area contributed by atoms with Crippen molar-refractivity contribution in [2.75, 3.05) is 9.80 Å². The summed E-state index contributed by atoms with van der Waals surface area (Å²) in [6.07, 6.45) is 4.28. The first-order valence-corrected chi connectivity index (χ1v) is 24.6. The van der Waals surface area contributed by atoms with Gasteiger partial charge < -0.3 is 28.7 Å². The maximum atomic E-state index is 12.6. The Morgan fingerprint density at radius 3 is 1.10 bits per heavy atom. The van der Waals surface area contributed by atoms with Gasteiger partial charge in [-0.25, -0.2) is 9.59 Å². The third kappa shape index (κ3) is 12.2. The topological polar surface area (TPSA) is 77.5 Å². The minimum absolute atomic E-state index is 0.115. The van der Waals surface area contributed by atoms with E-state index in [9.17, 15) is 9.59 Å². The summed E-state index contributed by atoms with van der Waals surface area (Å²) in [4.78, 5) is 29.8. The summed E-state index contributed by atoms with van der Waals surface area (Å²) in [7, 11) is 0. The second-order valence-corrected chi connectivity index (χ2v) is 19.1. The van der Waals surface area contributed by atoms with Gasteiger partial charge in [-0.15, -0.1) is 0 Å². The zero-order valence-corrected chi connectivity index (χ0v) is 41.3. The summed E-state index contributed by atoms with van der Waals surface area (Å²) in [6, 6.07) is 63.2. The van der Waals surface area contributed by atoms with Crippen molar-refractivity contribution in [1.82, 2.24) is 0 Å². The average Bonchev–Trinajstić information content (AvgIpc) is 3.37. The van der Waals surface area contributed by atoms with Crippen molar-refractivity contribution in [2.24, 2.45) is 0 Å². The summed E-state index contributed by atoms with van der Waals surface area (Å²) < 4.78 is 22.4. The molecule has 0 spiro atoms. The van der Waals surface area contributed by atoms with Crippen LogP contribution < -0.4 is 9.80 Å². The molecule has 70 heavy (non-hydrogen) atoms. The first-order valence-electron chi connectivity index (χ1n) is 24.6. The van der Waals surface area contributed by atoms with Gasteiger partial charge in [0.1, 0.15) is 24.4 Å². The van der Waals surface area contributed by atoms with Gasteiger partial charge in [0, 0.05) is 33.5 Å². The molecule has 0 bridgehead atoms. The van der Waals surface area contributed by atoms with Gasteiger partial charge in [-0.05, 0) is 147 Å². The van der Waals surface area contributed by atoms with Crippen LogP contribution in [0.4, 0.5) is 43.7 Å². The Labute approximate surface area is 413 Å². The van der Waals surface area contributed by atoms with Crippen LogP contribution in [0.25, 0.3) is 32.7 Å². The predicted molar refractivity (Wildman–Crippen MR) is 286 cm³/mol. The number of carbonyl (C=O) groups excluding carboxylic acids is 2. The number of fused-ring (bicyclic) bond motifs is 2. The lowest BCUT2D eigenvalue weighted by molar-refractivity contribution is -0.0255. The normalized spacial score (nSPS) is 11.6. The van der Waals surface area contributed by atoms with Crippen molar-refractivity contribution >= 4 is 68.0 Å². The number of ether oxygens (including phenoxy) is 4. The molecule has 0 aliphatic heterocycles. The van der Waals surface area contributed by atoms with Gasteiger partial charge in [-0.3, -0.25) is 0 Å². The second kappa shape index (κ2) is 22.2. The number of anilines is 6. The number of unbranched alkanes of at least 4 members (excludes halogenated alkanes) is 2. The van der Waals surface area contributed by atoms with Crippen LogP contribution in [0.5, 0.6) is 0 Å². The van der Waals surface area contributed by atoms with E-state index in [1.54, 1.807) is 0 Å². The Balaban J connectivity index is 1.04. The fourth-order valence-corrected chi connectivity index (χ4v) is 8.85. The Morgan fingerprint density at radius 1 is 0.414 bits per heavy atom. The molecular weight excluding hydrogens is 869 g/mol. The van der Waals surface area contributed by atoms with Crippen LogP contribution in [-0.4, -0.2) is 23.5 Å². The Bertz CT molecular complexity index is 2780. The number of benzene rings is 8. The summed E-state index contributed by atoms with van der Waals surface area (Å²) >= 11 is 0. The van der Waals surface area contributed by atoms with Crippen LogP contribution >= 0.6 is 0 Å². The molecule has 0 radical (unpaired) electrons. The van der Waals surface area contributed by atoms with Gasteiger partial charge >= 0.3 is 12.3 Å². The maximum absolute atomic E-state index is 12.6. The van der Waals surface area contributed by atoms with E-state index in [2.05, 4.69) is 181 Å². The number of hydrogen-bond donors (Lipinski definition) is 0. The first-order chi connectivity index (χ1) is 33.9. The minimum Gasteiger partial charge on any atom is -0.429 e. The van der Waals surface area contributed by atoms with Crippen molar-refractivity contribution in [1.29, 1.82) is 0 Å². The molecule has 0 aliphatic carbocycles. The summed E-state index contributed by atoms with van der Waals surface area (Å²) in [5.74, 6) is 0. The van der Waals surface area contributed by atoms with Gasteiger partial charge in [0.15, 0.2) is 0 Å². The first kappa shape index (κ1) is 48.9. The molecule has 0 atom stereocenters. The van der Waals surface area contributed by atoms with E-state index in [1.807, 2.05) is 52.0 Å². The third-order valence-corrected chi connectivity index (χ3v) is 12.7. The summed E-state index contributed by atoms with van der Waals surface area (Å²) in [5.41, 5.74) is 8.79. The lowest BCUT2D eigenvalue weighted by Gasteiger charge is -2.28. The van der Waals surface area contributed by atoms with E-state index in [0.29, 0.717) is 0 Å². The maximum Gasteiger partial charge on any atom is 0.509 e. The molecule has 0 N–H and O–H groups in total. The highest BCUT2D eigenvalue weighted by molar-refractivity contribution is 6.00. The van der Waals surface area contributed by atoms with Gasteiger partial charge in [-0.1, -0.05) is 148 Å². The zero-order chi connectivity index (χ0) is 49.1. The summed E-state index contributed by atoms with van der Waals surface area (Å²) in [6.45, 7) is 12.2. The van der Waals surface area contributed by atoms with E-state index < -0.39 is 23.5 Å². The van der Waals surface area contributed by atoms with Gasteiger partial charge in [0.2, 0.25) is 0 Å². The highest BCUT2D eigenvalue weighted by Gasteiger charge is 2.25. The monoisotopic (exact) mass is 932 g/mol. The van der Waals surface area contributed by atoms with Crippen molar-refractivity contribution in [2.45, 2.75) is 104 Å². The molecule has 0 unspecified atom stereocenters. The minimum atomic E-state index is -0.657. The van der Waals surface area contributed by atoms with Crippen LogP contribution in [0.3, 0.4) is 0 Å². The lowest BCUT2D eigenvalue weighted by Crippen LogP contribution is -2.28. The molecule has 358 valence electrons. The molecule has 0 saturated carbocycles. The number of carbonyl (C=O) groups is 2. The highest BCUT2D eigenvalue weighted by Crippen LogP contribution is 2.42. The van der Waals surface area contributed by atoms with Gasteiger partial charge in [0.25, 0.3) is 0 Å². The molecule has 0 aromatic heterocycles. The fourth-order valence-electron chi connectivity index (χ4n) is 8.85. The van der Waals surface area contributed by atoms with Gasteiger partial charge in [-0.2, -0.15) is 0 Å². The molecule has 0 saturated heterocycles.